The standard InChI is InChI=1S/C18H20N6O/c1-25-14-4-5-24(11-14)18-10-20-9-17(23-18)15-3-2-12-8-21-13(7-19)6-16(12)22-15/h2-3,6,8-10,14H,4-5,7,11,19H2,1H3/t14-/m1/s1. The average Bonchev–Trinajstić information content (AvgIpc) is 3.16. The van der Waals surface area contributed by atoms with Crippen LogP contribution in [0.5, 0.6) is 0 Å². The van der Waals surface area contributed by atoms with Crippen LogP contribution in [-0.2, 0) is 11.3 Å². The molecule has 0 saturated carbocycles. The molecular formula is C18H20N6O. The third-order valence-electron chi connectivity index (χ3n) is 4.53. The number of anilines is 1. The molecule has 7 heteroatoms. The van der Waals surface area contributed by atoms with Gasteiger partial charge in [0.25, 0.3) is 0 Å². The van der Waals surface area contributed by atoms with Crippen molar-refractivity contribution in [3.8, 4) is 11.4 Å². The molecule has 128 valence electrons. The first-order chi connectivity index (χ1) is 12.3. The highest BCUT2D eigenvalue weighted by Gasteiger charge is 2.23. The minimum atomic E-state index is 0.256. The number of aromatic nitrogens is 4. The monoisotopic (exact) mass is 336 g/mol. The van der Waals surface area contributed by atoms with Gasteiger partial charge < -0.3 is 15.4 Å². The molecule has 0 aromatic carbocycles. The molecule has 0 radical (unpaired) electrons. The zero-order chi connectivity index (χ0) is 17.2. The summed E-state index contributed by atoms with van der Waals surface area (Å²) in [6.45, 7) is 2.16. The van der Waals surface area contributed by atoms with Crippen molar-refractivity contribution >= 4 is 16.7 Å². The molecule has 0 unspecified atom stereocenters. The third-order valence-corrected chi connectivity index (χ3v) is 4.53. The summed E-state index contributed by atoms with van der Waals surface area (Å²) in [4.78, 5) is 20.3. The van der Waals surface area contributed by atoms with Crippen LogP contribution in [0, 0.1) is 0 Å². The van der Waals surface area contributed by atoms with Crippen LogP contribution in [0.1, 0.15) is 12.1 Å². The lowest BCUT2D eigenvalue weighted by atomic mass is 10.2. The summed E-state index contributed by atoms with van der Waals surface area (Å²) in [6, 6.07) is 5.86. The zero-order valence-corrected chi connectivity index (χ0v) is 14.1. The fraction of sp³-hybridized carbons (Fsp3) is 0.333. The van der Waals surface area contributed by atoms with E-state index in [1.54, 1.807) is 25.7 Å². The van der Waals surface area contributed by atoms with Gasteiger partial charge in [0.1, 0.15) is 11.5 Å². The topological polar surface area (TPSA) is 90.0 Å². The number of pyridine rings is 2. The van der Waals surface area contributed by atoms with E-state index in [1.807, 2.05) is 18.2 Å². The van der Waals surface area contributed by atoms with Crippen LogP contribution in [0.15, 0.2) is 36.8 Å². The van der Waals surface area contributed by atoms with Crippen LogP contribution in [0.2, 0.25) is 0 Å². The summed E-state index contributed by atoms with van der Waals surface area (Å²) in [5.41, 5.74) is 8.90. The Morgan fingerprint density at radius 2 is 2.12 bits per heavy atom. The summed E-state index contributed by atoms with van der Waals surface area (Å²) in [7, 11) is 1.75. The minimum absolute atomic E-state index is 0.256. The van der Waals surface area contributed by atoms with Crippen molar-refractivity contribution in [1.82, 2.24) is 19.9 Å². The van der Waals surface area contributed by atoms with Crippen molar-refractivity contribution < 1.29 is 4.74 Å². The smallest absolute Gasteiger partial charge is 0.147 e. The number of ether oxygens (including phenoxy) is 1. The van der Waals surface area contributed by atoms with Gasteiger partial charge in [-0.3, -0.25) is 9.97 Å². The molecule has 0 spiro atoms. The molecule has 1 saturated heterocycles. The van der Waals surface area contributed by atoms with E-state index in [9.17, 15) is 0 Å². The van der Waals surface area contributed by atoms with E-state index >= 15 is 0 Å². The number of fused-ring (bicyclic) bond motifs is 1. The number of methoxy groups -OCH3 is 1. The lowest BCUT2D eigenvalue weighted by Gasteiger charge is -2.17. The second-order valence-electron chi connectivity index (χ2n) is 6.12. The Kier molecular flexibility index (Phi) is 4.25. The minimum Gasteiger partial charge on any atom is -0.380 e. The summed E-state index contributed by atoms with van der Waals surface area (Å²) >= 11 is 0. The van der Waals surface area contributed by atoms with Crippen LogP contribution in [0.25, 0.3) is 22.3 Å². The molecule has 3 aromatic heterocycles. The number of hydrogen-bond acceptors (Lipinski definition) is 7. The SMILES string of the molecule is CO[C@@H]1CCN(c2cncc(-c3ccc4cnc(CN)cc4n3)n2)C1. The second-order valence-corrected chi connectivity index (χ2v) is 6.12. The Morgan fingerprint density at radius 3 is 2.92 bits per heavy atom. The van der Waals surface area contributed by atoms with E-state index in [0.717, 1.165) is 53.3 Å². The fourth-order valence-electron chi connectivity index (χ4n) is 3.07. The zero-order valence-electron chi connectivity index (χ0n) is 14.1. The first-order valence-electron chi connectivity index (χ1n) is 8.33. The van der Waals surface area contributed by atoms with E-state index in [2.05, 4.69) is 14.9 Å². The molecular weight excluding hydrogens is 316 g/mol. The fourth-order valence-corrected chi connectivity index (χ4v) is 3.07. The maximum Gasteiger partial charge on any atom is 0.147 e. The molecule has 1 aliphatic heterocycles. The van der Waals surface area contributed by atoms with Crippen LogP contribution >= 0.6 is 0 Å². The first-order valence-corrected chi connectivity index (χ1v) is 8.33. The Labute approximate surface area is 145 Å². The van der Waals surface area contributed by atoms with Gasteiger partial charge in [0.05, 0.1) is 35.4 Å². The van der Waals surface area contributed by atoms with Crippen molar-refractivity contribution in [3.63, 3.8) is 0 Å². The molecule has 1 aliphatic rings. The van der Waals surface area contributed by atoms with Gasteiger partial charge in [0.15, 0.2) is 0 Å². The summed E-state index contributed by atoms with van der Waals surface area (Å²) < 4.78 is 5.43. The molecule has 0 bridgehead atoms. The van der Waals surface area contributed by atoms with E-state index in [-0.39, 0.29) is 6.10 Å². The van der Waals surface area contributed by atoms with E-state index in [4.69, 9.17) is 20.4 Å². The number of rotatable bonds is 4. The lowest BCUT2D eigenvalue weighted by molar-refractivity contribution is 0.121. The predicted molar refractivity (Wildman–Crippen MR) is 96.1 cm³/mol. The Morgan fingerprint density at radius 1 is 1.20 bits per heavy atom. The van der Waals surface area contributed by atoms with Gasteiger partial charge in [0, 0.05) is 38.3 Å². The molecule has 1 fully saturated rings. The summed E-state index contributed by atoms with van der Waals surface area (Å²) in [6.07, 6.45) is 6.59. The first kappa shape index (κ1) is 15.9. The van der Waals surface area contributed by atoms with Crippen molar-refractivity contribution in [2.24, 2.45) is 5.73 Å². The Hall–Kier alpha value is -2.64. The quantitative estimate of drug-likeness (QED) is 0.776. The Balaban J connectivity index is 1.67. The Bertz CT molecular complexity index is 900. The van der Waals surface area contributed by atoms with Gasteiger partial charge >= 0.3 is 0 Å². The summed E-state index contributed by atoms with van der Waals surface area (Å²) in [5, 5.41) is 0.979. The van der Waals surface area contributed by atoms with Crippen LogP contribution < -0.4 is 10.6 Å². The molecule has 25 heavy (non-hydrogen) atoms. The maximum absolute atomic E-state index is 5.67. The highest BCUT2D eigenvalue weighted by atomic mass is 16.5. The van der Waals surface area contributed by atoms with Crippen molar-refractivity contribution in [1.29, 1.82) is 0 Å². The molecule has 4 heterocycles. The second kappa shape index (κ2) is 6.70. The molecule has 1 atom stereocenters. The van der Waals surface area contributed by atoms with Gasteiger partial charge in [-0.25, -0.2) is 9.97 Å². The van der Waals surface area contributed by atoms with Gasteiger partial charge in [-0.05, 0) is 24.6 Å². The molecule has 0 amide bonds. The number of hydrogen-bond donors (Lipinski definition) is 1. The van der Waals surface area contributed by atoms with Crippen LogP contribution in [-0.4, -0.2) is 46.2 Å². The number of nitrogens with zero attached hydrogens (tertiary/aromatic N) is 5. The predicted octanol–water partition coefficient (Wildman–Crippen LogP) is 1.77. The molecule has 3 aromatic rings. The maximum atomic E-state index is 5.67. The van der Waals surface area contributed by atoms with Crippen molar-refractivity contribution in [2.75, 3.05) is 25.1 Å². The highest BCUT2D eigenvalue weighted by molar-refractivity contribution is 5.80. The van der Waals surface area contributed by atoms with Gasteiger partial charge in [-0.2, -0.15) is 0 Å². The summed E-state index contributed by atoms with van der Waals surface area (Å²) in [5.74, 6) is 0.858. The molecule has 2 N–H and O–H groups in total. The van der Waals surface area contributed by atoms with E-state index in [1.165, 1.54) is 0 Å². The largest absolute Gasteiger partial charge is 0.380 e. The van der Waals surface area contributed by atoms with Crippen molar-refractivity contribution in [2.45, 2.75) is 19.1 Å². The van der Waals surface area contributed by atoms with E-state index in [0.29, 0.717) is 6.54 Å². The van der Waals surface area contributed by atoms with Crippen LogP contribution in [0.4, 0.5) is 5.82 Å². The van der Waals surface area contributed by atoms with Crippen molar-refractivity contribution in [3.05, 3.63) is 42.5 Å². The average molecular weight is 336 g/mol. The van der Waals surface area contributed by atoms with Crippen LogP contribution in [0.3, 0.4) is 0 Å². The normalized spacial score (nSPS) is 17.4. The van der Waals surface area contributed by atoms with Gasteiger partial charge in [-0.1, -0.05) is 0 Å². The lowest BCUT2D eigenvalue weighted by Crippen LogP contribution is -2.23. The number of nitrogens with two attached hydrogens (primary N) is 1. The molecule has 7 nitrogen and oxygen atoms in total. The molecule has 4 rings (SSSR count). The van der Waals surface area contributed by atoms with E-state index < -0.39 is 0 Å². The third kappa shape index (κ3) is 3.16. The van der Waals surface area contributed by atoms with Gasteiger partial charge in [0.2, 0.25) is 0 Å². The van der Waals surface area contributed by atoms with Gasteiger partial charge in [-0.15, -0.1) is 0 Å². The molecule has 0 aliphatic carbocycles. The highest BCUT2D eigenvalue weighted by Crippen LogP contribution is 2.23.